The predicted molar refractivity (Wildman–Crippen MR) is 124 cm³/mol. The normalized spacial score (nSPS) is 16.7. The number of pyridine rings is 1. The zero-order valence-electron chi connectivity index (χ0n) is 17.7. The summed E-state index contributed by atoms with van der Waals surface area (Å²) in [7, 11) is -4.06. The third-order valence-corrected chi connectivity index (χ3v) is 7.23. The first-order valence-corrected chi connectivity index (χ1v) is 12.2. The average molecular weight is 470 g/mol. The molecular formula is C23H23N3O6S. The molecule has 1 fully saturated rings. The molecule has 0 saturated heterocycles. The number of aromatic hydroxyl groups is 1. The van der Waals surface area contributed by atoms with Crippen LogP contribution in [0.5, 0.6) is 11.5 Å². The number of rotatable bonds is 7. The van der Waals surface area contributed by atoms with Gasteiger partial charge in [0.05, 0.1) is 17.8 Å². The highest BCUT2D eigenvalue weighted by Crippen LogP contribution is 2.36. The average Bonchev–Trinajstić information content (AvgIpc) is 3.62. The number of aromatic nitrogens is 1. The molecule has 0 amide bonds. The molecule has 0 bridgehead atoms. The fourth-order valence-electron chi connectivity index (χ4n) is 4.05. The molecule has 1 aromatic heterocycles. The van der Waals surface area contributed by atoms with E-state index in [4.69, 9.17) is 9.84 Å². The molecule has 3 N–H and O–H groups in total. The van der Waals surface area contributed by atoms with E-state index in [0.717, 1.165) is 19.3 Å². The highest BCUT2D eigenvalue weighted by molar-refractivity contribution is 7.90. The van der Waals surface area contributed by atoms with Crippen LogP contribution in [0.1, 0.15) is 24.8 Å². The summed E-state index contributed by atoms with van der Waals surface area (Å²) >= 11 is 0. The molecule has 0 spiro atoms. The molecule has 33 heavy (non-hydrogen) atoms. The van der Waals surface area contributed by atoms with Gasteiger partial charge in [0, 0.05) is 11.9 Å². The van der Waals surface area contributed by atoms with Gasteiger partial charge in [0.25, 0.3) is 15.6 Å². The van der Waals surface area contributed by atoms with Crippen LogP contribution in [0, 0.1) is 5.92 Å². The topological polar surface area (TPSA) is 130 Å². The van der Waals surface area contributed by atoms with Crippen molar-refractivity contribution >= 4 is 32.4 Å². The number of aliphatic hydroxyl groups is 1. The van der Waals surface area contributed by atoms with E-state index in [2.05, 4.69) is 9.71 Å². The van der Waals surface area contributed by atoms with E-state index >= 15 is 0 Å². The van der Waals surface area contributed by atoms with Crippen molar-refractivity contribution in [2.24, 2.45) is 10.3 Å². The minimum Gasteiger partial charge on any atom is -0.506 e. The molecule has 2 aliphatic rings. The Labute approximate surface area is 190 Å². The molecule has 1 saturated carbocycles. The van der Waals surface area contributed by atoms with Gasteiger partial charge in [0.1, 0.15) is 28.6 Å². The number of ether oxygens (including phenoxy) is 1. The lowest BCUT2D eigenvalue weighted by molar-refractivity contribution is 0.201. The van der Waals surface area contributed by atoms with Gasteiger partial charge in [-0.1, -0.05) is 25.0 Å². The van der Waals surface area contributed by atoms with Crippen LogP contribution in [-0.4, -0.2) is 42.2 Å². The monoisotopic (exact) mass is 469 g/mol. The SMILES string of the molecule is O=c1c(C2=NS(=O)(=O)c3ccccc3N2)c(O)c2cc(OCCO)ccc2n1CCC1CC1. The Morgan fingerprint density at radius 3 is 2.73 bits per heavy atom. The van der Waals surface area contributed by atoms with Gasteiger partial charge in [0.2, 0.25) is 0 Å². The third kappa shape index (κ3) is 3.96. The number of nitrogens with one attached hydrogen (secondary N) is 1. The van der Waals surface area contributed by atoms with Gasteiger partial charge >= 0.3 is 0 Å². The van der Waals surface area contributed by atoms with Crippen molar-refractivity contribution in [1.82, 2.24) is 4.57 Å². The van der Waals surface area contributed by atoms with Crippen molar-refractivity contribution < 1.29 is 23.4 Å². The summed E-state index contributed by atoms with van der Waals surface area (Å²) in [6.45, 7) is 0.332. The Bertz CT molecular complexity index is 1440. The van der Waals surface area contributed by atoms with Crippen LogP contribution < -0.4 is 15.6 Å². The van der Waals surface area contributed by atoms with Gasteiger partial charge in [-0.15, -0.1) is 4.40 Å². The van der Waals surface area contributed by atoms with E-state index in [-0.39, 0.29) is 40.9 Å². The van der Waals surface area contributed by atoms with Gasteiger partial charge in [-0.05, 0) is 42.7 Å². The first-order chi connectivity index (χ1) is 15.9. The van der Waals surface area contributed by atoms with Crippen molar-refractivity contribution in [3.8, 4) is 11.5 Å². The Hall–Kier alpha value is -3.37. The first-order valence-electron chi connectivity index (χ1n) is 10.7. The number of para-hydroxylation sites is 1. The summed E-state index contributed by atoms with van der Waals surface area (Å²) in [5.74, 6) is 0.364. The van der Waals surface area contributed by atoms with Gasteiger partial charge in [-0.25, -0.2) is 0 Å². The number of benzene rings is 2. The summed E-state index contributed by atoms with van der Waals surface area (Å²) < 4.78 is 36.4. The number of hydrogen-bond donors (Lipinski definition) is 3. The minimum absolute atomic E-state index is 0.00257. The number of anilines is 1. The molecule has 2 aromatic carbocycles. The second-order valence-electron chi connectivity index (χ2n) is 8.20. The van der Waals surface area contributed by atoms with Crippen LogP contribution >= 0.6 is 0 Å². The van der Waals surface area contributed by atoms with E-state index in [1.807, 2.05) is 0 Å². The molecule has 1 aliphatic heterocycles. The highest BCUT2D eigenvalue weighted by atomic mass is 32.2. The van der Waals surface area contributed by atoms with Crippen LogP contribution in [0.15, 0.2) is 56.6 Å². The zero-order chi connectivity index (χ0) is 23.2. The van der Waals surface area contributed by atoms with Crippen molar-refractivity contribution in [2.75, 3.05) is 18.5 Å². The van der Waals surface area contributed by atoms with Crippen molar-refractivity contribution in [1.29, 1.82) is 0 Å². The van der Waals surface area contributed by atoms with Crippen LogP contribution in [-0.2, 0) is 16.6 Å². The Morgan fingerprint density at radius 1 is 1.18 bits per heavy atom. The number of nitrogens with zero attached hydrogens (tertiary/aromatic N) is 2. The predicted octanol–water partition coefficient (Wildman–Crippen LogP) is 2.44. The smallest absolute Gasteiger partial charge is 0.286 e. The fourth-order valence-corrected chi connectivity index (χ4v) is 5.17. The van der Waals surface area contributed by atoms with Crippen LogP contribution in [0.4, 0.5) is 5.69 Å². The van der Waals surface area contributed by atoms with Crippen molar-refractivity contribution in [3.63, 3.8) is 0 Å². The summed E-state index contributed by atoms with van der Waals surface area (Å²) in [5.41, 5.74) is 0.0602. The lowest BCUT2D eigenvalue weighted by Crippen LogP contribution is -2.32. The lowest BCUT2D eigenvalue weighted by Gasteiger charge is -2.21. The van der Waals surface area contributed by atoms with E-state index < -0.39 is 15.6 Å². The highest BCUT2D eigenvalue weighted by Gasteiger charge is 2.30. The zero-order valence-corrected chi connectivity index (χ0v) is 18.5. The molecule has 172 valence electrons. The van der Waals surface area contributed by atoms with Crippen molar-refractivity contribution in [2.45, 2.75) is 30.7 Å². The number of aliphatic hydroxyl groups excluding tert-OH is 1. The van der Waals surface area contributed by atoms with Crippen LogP contribution in [0.3, 0.4) is 0 Å². The van der Waals surface area contributed by atoms with Crippen LogP contribution in [0.25, 0.3) is 10.9 Å². The summed E-state index contributed by atoms with van der Waals surface area (Å²) in [4.78, 5) is 13.5. The molecule has 10 heteroatoms. The molecule has 2 heterocycles. The second-order valence-corrected chi connectivity index (χ2v) is 9.77. The van der Waals surface area contributed by atoms with E-state index in [9.17, 15) is 18.3 Å². The molecule has 9 nitrogen and oxygen atoms in total. The van der Waals surface area contributed by atoms with Gasteiger partial charge in [-0.3, -0.25) is 4.79 Å². The van der Waals surface area contributed by atoms with Gasteiger partial charge < -0.3 is 24.8 Å². The van der Waals surface area contributed by atoms with E-state index in [1.54, 1.807) is 41.0 Å². The number of amidine groups is 1. The molecule has 0 unspecified atom stereocenters. The number of fused-ring (bicyclic) bond motifs is 2. The maximum Gasteiger partial charge on any atom is 0.286 e. The van der Waals surface area contributed by atoms with Crippen LogP contribution in [0.2, 0.25) is 0 Å². The van der Waals surface area contributed by atoms with E-state index in [0.29, 0.717) is 29.1 Å². The van der Waals surface area contributed by atoms with E-state index in [1.165, 1.54) is 6.07 Å². The van der Waals surface area contributed by atoms with Gasteiger partial charge in [-0.2, -0.15) is 8.42 Å². The quantitative estimate of drug-likeness (QED) is 0.484. The standard InChI is InChI=1S/C23H23N3O6S/c27-11-12-32-15-7-8-18-16(13-15)21(28)20(23(29)26(18)10-9-14-5-6-14)22-24-17-3-1-2-4-19(17)33(30,31)25-22/h1-4,7-8,13-14,27-28H,5-6,9-12H2,(H,24,25). The number of aryl methyl sites for hydroxylation is 1. The number of hydrogen-bond acceptors (Lipinski definition) is 7. The fraction of sp³-hybridized carbons (Fsp3) is 0.304. The number of sulfonamides is 1. The maximum atomic E-state index is 13.5. The molecular weight excluding hydrogens is 446 g/mol. The Kier molecular flexibility index (Phi) is 5.34. The molecule has 3 aromatic rings. The maximum absolute atomic E-state index is 13.5. The van der Waals surface area contributed by atoms with Crippen molar-refractivity contribution in [3.05, 3.63) is 58.4 Å². The third-order valence-electron chi connectivity index (χ3n) is 5.89. The molecule has 0 atom stereocenters. The summed E-state index contributed by atoms with van der Waals surface area (Å²) in [5, 5.41) is 23.4. The molecule has 5 rings (SSSR count). The largest absolute Gasteiger partial charge is 0.506 e. The van der Waals surface area contributed by atoms with Gasteiger partial charge in [0.15, 0.2) is 5.84 Å². The summed E-state index contributed by atoms with van der Waals surface area (Å²) in [6, 6.07) is 11.2. The lowest BCUT2D eigenvalue weighted by atomic mass is 10.1. The minimum atomic E-state index is -4.06. The summed E-state index contributed by atoms with van der Waals surface area (Å²) in [6.07, 6.45) is 3.06. The molecule has 0 radical (unpaired) electrons. The Balaban J connectivity index is 1.71. The first kappa shape index (κ1) is 21.5. The molecule has 1 aliphatic carbocycles. The second kappa shape index (κ2) is 8.20. The Morgan fingerprint density at radius 2 is 1.97 bits per heavy atom.